The van der Waals surface area contributed by atoms with Gasteiger partial charge in [-0.1, -0.05) is 0 Å². The monoisotopic (exact) mass is 308 g/mol. The molecule has 0 bridgehead atoms. The number of alkyl halides is 3. The van der Waals surface area contributed by atoms with Gasteiger partial charge in [0.1, 0.15) is 0 Å². The Kier molecular flexibility index (Phi) is 3.12. The first kappa shape index (κ1) is 14.1. The fourth-order valence-electron chi connectivity index (χ4n) is 2.04. The number of rotatable bonds is 2. The lowest BCUT2D eigenvalue weighted by Gasteiger charge is -2.05. The van der Waals surface area contributed by atoms with Crippen LogP contribution in [0.3, 0.4) is 0 Å². The number of nitrogen functional groups attached to an aromatic ring is 1. The molecule has 114 valence electrons. The van der Waals surface area contributed by atoms with Crippen molar-refractivity contribution in [2.24, 2.45) is 7.05 Å². The van der Waals surface area contributed by atoms with E-state index in [4.69, 9.17) is 5.73 Å². The summed E-state index contributed by atoms with van der Waals surface area (Å²) in [5.41, 5.74) is 5.20. The molecule has 0 saturated heterocycles. The predicted molar refractivity (Wildman–Crippen MR) is 73.0 cm³/mol. The predicted octanol–water partition coefficient (Wildman–Crippen LogP) is 2.27. The van der Waals surface area contributed by atoms with E-state index >= 15 is 0 Å². The Labute approximate surface area is 123 Å². The first-order valence-corrected chi connectivity index (χ1v) is 6.21. The number of anilines is 1. The number of pyridine rings is 1. The Balaban J connectivity index is 2.17. The summed E-state index contributed by atoms with van der Waals surface area (Å²) in [4.78, 5) is 7.82. The van der Waals surface area contributed by atoms with Gasteiger partial charge in [-0.15, -0.1) is 0 Å². The van der Waals surface area contributed by atoms with Crippen molar-refractivity contribution in [3.63, 3.8) is 0 Å². The van der Waals surface area contributed by atoms with Crippen LogP contribution in [0.25, 0.3) is 17.1 Å². The third kappa shape index (κ3) is 2.41. The highest BCUT2D eigenvalue weighted by Gasteiger charge is 2.38. The molecule has 0 aliphatic carbocycles. The van der Waals surface area contributed by atoms with E-state index in [1.54, 1.807) is 13.1 Å². The number of nitrogens with zero attached hydrogens (tertiary/aromatic N) is 5. The van der Waals surface area contributed by atoms with Crippen LogP contribution in [0.15, 0.2) is 37.1 Å². The highest BCUT2D eigenvalue weighted by molar-refractivity contribution is 5.62. The summed E-state index contributed by atoms with van der Waals surface area (Å²) in [5, 5.41) is 3.63. The molecule has 0 spiro atoms. The first-order chi connectivity index (χ1) is 10.4. The minimum atomic E-state index is -4.58. The molecule has 3 heterocycles. The fourth-order valence-corrected chi connectivity index (χ4v) is 2.04. The Morgan fingerprint density at radius 1 is 1.18 bits per heavy atom. The third-order valence-electron chi connectivity index (χ3n) is 3.08. The zero-order chi connectivity index (χ0) is 15.9. The highest BCUT2D eigenvalue weighted by Crippen LogP contribution is 2.36. The van der Waals surface area contributed by atoms with Crippen molar-refractivity contribution in [2.75, 3.05) is 5.73 Å². The Morgan fingerprint density at radius 3 is 2.50 bits per heavy atom. The van der Waals surface area contributed by atoms with Crippen molar-refractivity contribution in [1.29, 1.82) is 0 Å². The highest BCUT2D eigenvalue weighted by atomic mass is 19.4. The van der Waals surface area contributed by atoms with Gasteiger partial charge in [0.15, 0.2) is 11.5 Å². The molecule has 3 aromatic heterocycles. The van der Waals surface area contributed by atoms with Gasteiger partial charge < -0.3 is 10.3 Å². The summed E-state index contributed by atoms with van der Waals surface area (Å²) < 4.78 is 42.2. The summed E-state index contributed by atoms with van der Waals surface area (Å²) in [6.07, 6.45) is 0.826. The van der Waals surface area contributed by atoms with Crippen molar-refractivity contribution in [1.82, 2.24) is 24.3 Å². The molecular formula is C13H11F3N6. The molecule has 22 heavy (non-hydrogen) atoms. The Morgan fingerprint density at radius 2 is 1.95 bits per heavy atom. The van der Waals surface area contributed by atoms with E-state index in [0.717, 1.165) is 4.68 Å². The fraction of sp³-hybridized carbons (Fsp3) is 0.154. The number of nitrogens with two attached hydrogens (primary N) is 1. The summed E-state index contributed by atoms with van der Waals surface area (Å²) in [5.74, 6) is 0.244. The lowest BCUT2D eigenvalue weighted by atomic mass is 10.2. The molecule has 0 aliphatic rings. The van der Waals surface area contributed by atoms with Crippen LogP contribution >= 0.6 is 0 Å². The van der Waals surface area contributed by atoms with Crippen LogP contribution in [-0.2, 0) is 13.2 Å². The van der Waals surface area contributed by atoms with E-state index in [0.29, 0.717) is 11.4 Å². The van der Waals surface area contributed by atoms with Gasteiger partial charge in [0.05, 0.1) is 35.7 Å². The third-order valence-corrected chi connectivity index (χ3v) is 3.08. The average Bonchev–Trinajstić information content (AvgIpc) is 3.05. The molecule has 0 aromatic carbocycles. The summed E-state index contributed by atoms with van der Waals surface area (Å²) in [6.45, 7) is 0. The van der Waals surface area contributed by atoms with Crippen molar-refractivity contribution in [3.8, 4) is 17.1 Å². The molecule has 0 saturated carbocycles. The van der Waals surface area contributed by atoms with Crippen molar-refractivity contribution in [3.05, 3.63) is 42.7 Å². The van der Waals surface area contributed by atoms with Crippen LogP contribution in [0.4, 0.5) is 18.9 Å². The van der Waals surface area contributed by atoms with Gasteiger partial charge in [-0.05, 0) is 12.1 Å². The Bertz CT molecular complexity index is 800. The molecule has 2 N–H and O–H groups in total. The van der Waals surface area contributed by atoms with Crippen LogP contribution in [0.1, 0.15) is 5.69 Å². The summed E-state index contributed by atoms with van der Waals surface area (Å²) >= 11 is 0. The number of hydrogen-bond acceptors (Lipinski definition) is 4. The molecule has 0 aliphatic heterocycles. The number of aryl methyl sites for hydroxylation is 1. The standard InChI is InChI=1S/C13H11F3N6/c1-21-7-18-5-10(21)9-6-22(20-12(9)13(14,15)16)11-3-2-8(17)4-19-11/h2-7H,17H2,1H3. The van der Waals surface area contributed by atoms with Gasteiger partial charge >= 0.3 is 6.18 Å². The van der Waals surface area contributed by atoms with Crippen LogP contribution in [-0.4, -0.2) is 24.3 Å². The van der Waals surface area contributed by atoms with Gasteiger partial charge in [-0.3, -0.25) is 0 Å². The van der Waals surface area contributed by atoms with E-state index in [2.05, 4.69) is 15.1 Å². The largest absolute Gasteiger partial charge is 0.435 e. The maximum Gasteiger partial charge on any atom is 0.435 e. The lowest BCUT2D eigenvalue weighted by Crippen LogP contribution is -2.09. The molecule has 0 radical (unpaired) electrons. The van der Waals surface area contributed by atoms with Crippen LogP contribution in [0, 0.1) is 0 Å². The van der Waals surface area contributed by atoms with Crippen molar-refractivity contribution < 1.29 is 13.2 Å². The number of imidazole rings is 1. The second-order valence-corrected chi connectivity index (χ2v) is 4.67. The minimum Gasteiger partial charge on any atom is -0.397 e. The number of hydrogen-bond donors (Lipinski definition) is 1. The van der Waals surface area contributed by atoms with Crippen LogP contribution in [0.5, 0.6) is 0 Å². The minimum absolute atomic E-state index is 0.0638. The molecule has 6 nitrogen and oxygen atoms in total. The van der Waals surface area contributed by atoms with E-state index in [1.807, 2.05) is 0 Å². The SMILES string of the molecule is Cn1cncc1-c1cn(-c2ccc(N)cn2)nc1C(F)(F)F. The molecule has 0 atom stereocenters. The smallest absolute Gasteiger partial charge is 0.397 e. The number of aromatic nitrogens is 5. The lowest BCUT2D eigenvalue weighted by molar-refractivity contribution is -0.140. The van der Waals surface area contributed by atoms with Gasteiger partial charge in [0.2, 0.25) is 0 Å². The number of halogens is 3. The molecular weight excluding hydrogens is 297 g/mol. The molecule has 3 aromatic rings. The summed E-state index contributed by atoms with van der Waals surface area (Å²) in [6, 6.07) is 3.04. The second-order valence-electron chi connectivity index (χ2n) is 4.67. The Hall–Kier alpha value is -2.84. The second kappa shape index (κ2) is 4.86. The van der Waals surface area contributed by atoms with Gasteiger partial charge in [-0.2, -0.15) is 18.3 Å². The zero-order valence-corrected chi connectivity index (χ0v) is 11.4. The van der Waals surface area contributed by atoms with Crippen molar-refractivity contribution >= 4 is 5.69 Å². The quantitative estimate of drug-likeness (QED) is 0.788. The molecule has 3 rings (SSSR count). The maximum atomic E-state index is 13.2. The van der Waals surface area contributed by atoms with Crippen LogP contribution in [0.2, 0.25) is 0 Å². The molecule has 9 heteroatoms. The normalized spacial score (nSPS) is 11.8. The van der Waals surface area contributed by atoms with Gasteiger partial charge in [0.25, 0.3) is 0 Å². The first-order valence-electron chi connectivity index (χ1n) is 6.21. The molecule has 0 fully saturated rings. The molecule has 0 amide bonds. The molecule has 0 unspecified atom stereocenters. The zero-order valence-electron chi connectivity index (χ0n) is 11.4. The topological polar surface area (TPSA) is 74.5 Å². The van der Waals surface area contributed by atoms with E-state index in [1.165, 1.54) is 35.6 Å². The van der Waals surface area contributed by atoms with E-state index in [-0.39, 0.29) is 11.4 Å². The van der Waals surface area contributed by atoms with Crippen LogP contribution < -0.4 is 5.73 Å². The van der Waals surface area contributed by atoms with Gasteiger partial charge in [0, 0.05) is 13.2 Å². The summed E-state index contributed by atoms with van der Waals surface area (Å²) in [7, 11) is 1.61. The van der Waals surface area contributed by atoms with Crippen molar-refractivity contribution in [2.45, 2.75) is 6.18 Å². The maximum absolute atomic E-state index is 13.2. The van der Waals surface area contributed by atoms with Gasteiger partial charge in [-0.25, -0.2) is 14.6 Å². The van der Waals surface area contributed by atoms with E-state index < -0.39 is 11.9 Å². The average molecular weight is 308 g/mol. The van der Waals surface area contributed by atoms with E-state index in [9.17, 15) is 13.2 Å².